The molecule has 20 heavy (non-hydrogen) atoms. The zero-order valence-corrected chi connectivity index (χ0v) is 11.6. The number of hydrogen-bond donors (Lipinski definition) is 1. The van der Waals surface area contributed by atoms with E-state index < -0.39 is 0 Å². The Balaban J connectivity index is 1.75. The Kier molecular flexibility index (Phi) is 3.99. The third-order valence-electron chi connectivity index (χ3n) is 3.53. The summed E-state index contributed by atoms with van der Waals surface area (Å²) in [5.74, 6) is 1.71. The quantitative estimate of drug-likeness (QED) is 0.920. The molecule has 0 bridgehead atoms. The van der Waals surface area contributed by atoms with Gasteiger partial charge in [0.1, 0.15) is 11.4 Å². The minimum atomic E-state index is 0.809. The number of hydrogen-bond acceptors (Lipinski definition) is 5. The summed E-state index contributed by atoms with van der Waals surface area (Å²) in [6.45, 7) is 4.97. The van der Waals surface area contributed by atoms with E-state index in [2.05, 4.69) is 15.4 Å². The van der Waals surface area contributed by atoms with E-state index in [-0.39, 0.29) is 0 Å². The summed E-state index contributed by atoms with van der Waals surface area (Å²) in [7, 11) is 1.67. The van der Waals surface area contributed by atoms with Crippen molar-refractivity contribution in [2.75, 3.05) is 33.3 Å². The molecule has 0 unspecified atom stereocenters. The number of benzene rings is 1. The van der Waals surface area contributed by atoms with Gasteiger partial charge in [0.25, 0.3) is 0 Å². The first kappa shape index (κ1) is 13.1. The summed E-state index contributed by atoms with van der Waals surface area (Å²) < 4.78 is 10.8. The fourth-order valence-electron chi connectivity index (χ4n) is 2.46. The van der Waals surface area contributed by atoms with Crippen LogP contribution < -0.4 is 10.1 Å². The summed E-state index contributed by atoms with van der Waals surface area (Å²) in [6.07, 6.45) is 0. The number of rotatable bonds is 4. The van der Waals surface area contributed by atoms with Gasteiger partial charge in [0, 0.05) is 37.8 Å². The van der Waals surface area contributed by atoms with Gasteiger partial charge in [0.05, 0.1) is 13.7 Å². The van der Waals surface area contributed by atoms with E-state index in [0.29, 0.717) is 0 Å². The highest BCUT2D eigenvalue weighted by Crippen LogP contribution is 2.29. The van der Waals surface area contributed by atoms with Crippen molar-refractivity contribution in [2.45, 2.75) is 6.54 Å². The van der Waals surface area contributed by atoms with E-state index in [9.17, 15) is 0 Å². The van der Waals surface area contributed by atoms with E-state index in [1.807, 2.05) is 30.3 Å². The van der Waals surface area contributed by atoms with Gasteiger partial charge in [-0.1, -0.05) is 17.3 Å². The molecule has 0 amide bonds. The number of ether oxygens (including phenoxy) is 1. The van der Waals surface area contributed by atoms with Crippen molar-refractivity contribution in [3.63, 3.8) is 0 Å². The number of nitrogens with one attached hydrogen (secondary N) is 1. The van der Waals surface area contributed by atoms with Crippen molar-refractivity contribution in [1.29, 1.82) is 0 Å². The van der Waals surface area contributed by atoms with Crippen LogP contribution in [-0.4, -0.2) is 43.3 Å². The minimum absolute atomic E-state index is 0.809. The van der Waals surface area contributed by atoms with Crippen molar-refractivity contribution in [2.24, 2.45) is 0 Å². The van der Waals surface area contributed by atoms with Crippen LogP contribution in [0.15, 0.2) is 34.9 Å². The van der Waals surface area contributed by atoms with Gasteiger partial charge in [-0.2, -0.15) is 0 Å². The van der Waals surface area contributed by atoms with E-state index in [0.717, 1.165) is 55.5 Å². The van der Waals surface area contributed by atoms with Gasteiger partial charge >= 0.3 is 0 Å². The Morgan fingerprint density at radius 2 is 2.10 bits per heavy atom. The van der Waals surface area contributed by atoms with Crippen LogP contribution in [0.25, 0.3) is 11.3 Å². The lowest BCUT2D eigenvalue weighted by molar-refractivity contribution is 0.207. The zero-order valence-electron chi connectivity index (χ0n) is 11.6. The molecule has 1 saturated heterocycles. The predicted octanol–water partition coefficient (Wildman–Crippen LogP) is 1.76. The Labute approximate surface area is 118 Å². The summed E-state index contributed by atoms with van der Waals surface area (Å²) in [4.78, 5) is 2.36. The van der Waals surface area contributed by atoms with Crippen molar-refractivity contribution >= 4 is 0 Å². The monoisotopic (exact) mass is 273 g/mol. The Bertz CT molecular complexity index is 562. The highest BCUT2D eigenvalue weighted by Gasteiger charge is 2.15. The molecule has 2 heterocycles. The molecule has 0 radical (unpaired) electrons. The lowest BCUT2D eigenvalue weighted by Gasteiger charge is -2.25. The molecule has 0 spiro atoms. The van der Waals surface area contributed by atoms with Gasteiger partial charge in [0.15, 0.2) is 5.76 Å². The third kappa shape index (κ3) is 2.84. The fourth-order valence-corrected chi connectivity index (χ4v) is 2.46. The van der Waals surface area contributed by atoms with Crippen LogP contribution in [0.5, 0.6) is 5.75 Å². The molecule has 2 aromatic rings. The van der Waals surface area contributed by atoms with Crippen LogP contribution in [0.2, 0.25) is 0 Å². The predicted molar refractivity (Wildman–Crippen MR) is 76.6 cm³/mol. The maximum Gasteiger partial charge on any atom is 0.151 e. The summed E-state index contributed by atoms with van der Waals surface area (Å²) >= 11 is 0. The lowest BCUT2D eigenvalue weighted by Crippen LogP contribution is -2.42. The first-order valence-electron chi connectivity index (χ1n) is 6.89. The maximum absolute atomic E-state index is 5.45. The van der Waals surface area contributed by atoms with Crippen molar-refractivity contribution < 1.29 is 9.26 Å². The van der Waals surface area contributed by atoms with Gasteiger partial charge < -0.3 is 14.6 Å². The van der Waals surface area contributed by atoms with Crippen LogP contribution in [0.1, 0.15) is 5.76 Å². The average Bonchev–Trinajstić information content (AvgIpc) is 2.96. The fraction of sp³-hybridized carbons (Fsp3) is 0.400. The molecule has 0 saturated carbocycles. The third-order valence-corrected chi connectivity index (χ3v) is 3.53. The molecule has 5 heteroatoms. The lowest BCUT2D eigenvalue weighted by atomic mass is 10.1. The summed E-state index contributed by atoms with van der Waals surface area (Å²) in [5, 5.41) is 7.51. The molecule has 1 aromatic carbocycles. The Morgan fingerprint density at radius 1 is 1.30 bits per heavy atom. The van der Waals surface area contributed by atoms with Crippen molar-refractivity contribution in [1.82, 2.24) is 15.4 Å². The number of para-hydroxylation sites is 1. The standard InChI is InChI=1S/C15H19N3O2/c1-19-15-5-3-2-4-13(15)14-10-12(20-17-14)11-18-8-6-16-7-9-18/h2-5,10,16H,6-9,11H2,1H3. The molecule has 1 N–H and O–H groups in total. The molecule has 1 aliphatic heterocycles. The van der Waals surface area contributed by atoms with E-state index in [1.165, 1.54) is 0 Å². The van der Waals surface area contributed by atoms with Crippen LogP contribution in [0, 0.1) is 0 Å². The molecule has 1 aliphatic rings. The maximum atomic E-state index is 5.45. The highest BCUT2D eigenvalue weighted by molar-refractivity contribution is 5.66. The zero-order chi connectivity index (χ0) is 13.8. The van der Waals surface area contributed by atoms with E-state index in [1.54, 1.807) is 7.11 Å². The number of piperazine rings is 1. The molecule has 5 nitrogen and oxygen atoms in total. The second kappa shape index (κ2) is 6.07. The van der Waals surface area contributed by atoms with Crippen molar-refractivity contribution in [3.8, 4) is 17.0 Å². The molecule has 106 valence electrons. The van der Waals surface area contributed by atoms with Gasteiger partial charge in [-0.05, 0) is 12.1 Å². The summed E-state index contributed by atoms with van der Waals surface area (Å²) in [5.41, 5.74) is 1.79. The Morgan fingerprint density at radius 3 is 2.90 bits per heavy atom. The second-order valence-corrected chi connectivity index (χ2v) is 4.90. The average molecular weight is 273 g/mol. The first-order valence-corrected chi connectivity index (χ1v) is 6.89. The van der Waals surface area contributed by atoms with Crippen LogP contribution >= 0.6 is 0 Å². The molecule has 1 aromatic heterocycles. The van der Waals surface area contributed by atoms with E-state index >= 15 is 0 Å². The minimum Gasteiger partial charge on any atom is -0.496 e. The SMILES string of the molecule is COc1ccccc1-c1cc(CN2CCNCC2)on1. The molecule has 1 fully saturated rings. The molecule has 3 rings (SSSR count). The highest BCUT2D eigenvalue weighted by atomic mass is 16.5. The number of methoxy groups -OCH3 is 1. The molecular formula is C15H19N3O2. The van der Waals surface area contributed by atoms with Crippen LogP contribution in [-0.2, 0) is 6.54 Å². The van der Waals surface area contributed by atoms with Gasteiger partial charge in [0.2, 0.25) is 0 Å². The first-order chi connectivity index (χ1) is 9.86. The molecule has 0 aliphatic carbocycles. The Hall–Kier alpha value is -1.85. The smallest absolute Gasteiger partial charge is 0.151 e. The largest absolute Gasteiger partial charge is 0.496 e. The molecular weight excluding hydrogens is 254 g/mol. The summed E-state index contributed by atoms with van der Waals surface area (Å²) in [6, 6.07) is 9.84. The van der Waals surface area contributed by atoms with Crippen molar-refractivity contribution in [3.05, 3.63) is 36.1 Å². The van der Waals surface area contributed by atoms with Gasteiger partial charge in [-0.3, -0.25) is 4.90 Å². The van der Waals surface area contributed by atoms with Crippen LogP contribution in [0.4, 0.5) is 0 Å². The van der Waals surface area contributed by atoms with E-state index in [4.69, 9.17) is 9.26 Å². The second-order valence-electron chi connectivity index (χ2n) is 4.90. The number of aromatic nitrogens is 1. The topological polar surface area (TPSA) is 50.5 Å². The van der Waals surface area contributed by atoms with Crippen LogP contribution in [0.3, 0.4) is 0 Å². The van der Waals surface area contributed by atoms with Gasteiger partial charge in [-0.25, -0.2) is 0 Å². The molecule has 0 atom stereocenters. The number of nitrogens with zero attached hydrogens (tertiary/aromatic N) is 2. The van der Waals surface area contributed by atoms with Gasteiger partial charge in [-0.15, -0.1) is 0 Å². The normalized spacial score (nSPS) is 16.2.